The molecule has 0 heterocycles. The molecule has 186 valence electrons. The Labute approximate surface area is 228 Å². The number of aliphatic carboxylic acids is 1. The number of anilines is 1. The van der Waals surface area contributed by atoms with Crippen molar-refractivity contribution in [3.63, 3.8) is 0 Å². The fraction of sp³-hybridized carbons (Fsp3) is 0.0833. The van der Waals surface area contributed by atoms with E-state index in [-0.39, 0.29) is 21.8 Å². The molecule has 0 spiro atoms. The van der Waals surface area contributed by atoms with Crippen molar-refractivity contribution >= 4 is 80.2 Å². The molecule has 0 bridgehead atoms. The molecule has 1 amide bonds. The van der Waals surface area contributed by atoms with Crippen LogP contribution in [-0.4, -0.2) is 41.1 Å². The molecular weight excluding hydrogens is 601 g/mol. The highest BCUT2D eigenvalue weighted by molar-refractivity contribution is 9.10. The lowest BCUT2D eigenvalue weighted by Crippen LogP contribution is -2.48. The molecule has 3 rings (SSSR count). The van der Waals surface area contributed by atoms with Crippen molar-refractivity contribution in [1.29, 1.82) is 0 Å². The van der Waals surface area contributed by atoms with E-state index >= 15 is 0 Å². The topological polar surface area (TPSA) is 119 Å². The number of carbonyl (C=O) groups is 4. The molecule has 0 saturated heterocycles. The number of rotatable bonds is 8. The first-order valence-electron chi connectivity index (χ1n) is 9.97. The van der Waals surface area contributed by atoms with Gasteiger partial charge in [-0.1, -0.05) is 34.8 Å². The number of carboxylic acids is 1. The maximum absolute atomic E-state index is 13.1. The van der Waals surface area contributed by atoms with Crippen molar-refractivity contribution in [2.24, 2.45) is 0 Å². The lowest BCUT2D eigenvalue weighted by Gasteiger charge is -2.23. The van der Waals surface area contributed by atoms with Crippen molar-refractivity contribution in [1.82, 2.24) is 0 Å². The van der Waals surface area contributed by atoms with Crippen LogP contribution in [0.15, 0.2) is 71.2 Å². The number of amides is 1. The summed E-state index contributed by atoms with van der Waals surface area (Å²) in [5, 5.41) is 13.1. The van der Waals surface area contributed by atoms with Gasteiger partial charge in [-0.25, -0.2) is 14.4 Å². The Bertz CT molecular complexity index is 1300. The summed E-state index contributed by atoms with van der Waals surface area (Å²) < 4.78 is 10.9. The number of carbonyl (C=O) groups excluding carboxylic acids is 3. The van der Waals surface area contributed by atoms with E-state index in [1.165, 1.54) is 60.7 Å². The van der Waals surface area contributed by atoms with Crippen molar-refractivity contribution in [3.05, 3.63) is 97.4 Å². The van der Waals surface area contributed by atoms with Crippen LogP contribution in [0.2, 0.25) is 15.1 Å². The van der Waals surface area contributed by atoms with Crippen molar-refractivity contribution < 1.29 is 33.8 Å². The van der Waals surface area contributed by atoms with Gasteiger partial charge in [0.1, 0.15) is 0 Å². The predicted octanol–water partition coefficient (Wildman–Crippen LogP) is 5.88. The largest absolute Gasteiger partial charge is 0.478 e. The normalized spacial score (nSPS) is 12.2. The summed E-state index contributed by atoms with van der Waals surface area (Å²) in [5.74, 6) is -4.93. The summed E-state index contributed by atoms with van der Waals surface area (Å²) in [6, 6.07) is 15.3. The fourth-order valence-electron chi connectivity index (χ4n) is 2.82. The summed E-state index contributed by atoms with van der Waals surface area (Å²) >= 11 is 20.9. The molecule has 0 radical (unpaired) electrons. The van der Waals surface area contributed by atoms with E-state index in [4.69, 9.17) is 44.3 Å². The first kappa shape index (κ1) is 27.5. The van der Waals surface area contributed by atoms with E-state index < -0.39 is 36.0 Å². The van der Waals surface area contributed by atoms with Gasteiger partial charge in [0.25, 0.3) is 5.91 Å². The van der Waals surface area contributed by atoms with Gasteiger partial charge in [-0.2, -0.15) is 0 Å². The number of hydrogen-bond acceptors (Lipinski definition) is 6. The maximum atomic E-state index is 13.1. The molecule has 0 fully saturated rings. The minimum atomic E-state index is -2.20. The summed E-state index contributed by atoms with van der Waals surface area (Å²) in [7, 11) is 0. The molecule has 36 heavy (non-hydrogen) atoms. The summed E-state index contributed by atoms with van der Waals surface area (Å²) in [5.41, 5.74) is 0.125. The molecule has 2 atom stereocenters. The van der Waals surface area contributed by atoms with Crippen LogP contribution in [0.25, 0.3) is 0 Å². The van der Waals surface area contributed by atoms with Crippen molar-refractivity contribution in [3.8, 4) is 0 Å². The van der Waals surface area contributed by atoms with Gasteiger partial charge >= 0.3 is 17.9 Å². The number of nitrogens with one attached hydrogen (secondary N) is 1. The van der Waals surface area contributed by atoms with Crippen LogP contribution in [0, 0.1) is 0 Å². The minimum Gasteiger partial charge on any atom is -0.478 e. The lowest BCUT2D eigenvalue weighted by atomic mass is 10.1. The molecule has 0 aliphatic rings. The van der Waals surface area contributed by atoms with E-state index in [9.17, 15) is 24.3 Å². The molecule has 0 aliphatic heterocycles. The van der Waals surface area contributed by atoms with Gasteiger partial charge in [0, 0.05) is 20.2 Å². The molecular formula is C24H15BrCl3NO7. The Morgan fingerprint density at radius 2 is 1.22 bits per heavy atom. The van der Waals surface area contributed by atoms with Crippen LogP contribution < -0.4 is 5.32 Å². The van der Waals surface area contributed by atoms with Crippen LogP contribution >= 0.6 is 50.7 Å². The number of carboxylic acid groups (broad SMARTS) is 1. The predicted molar refractivity (Wildman–Crippen MR) is 137 cm³/mol. The number of hydrogen-bond donors (Lipinski definition) is 2. The van der Waals surface area contributed by atoms with Crippen molar-refractivity contribution in [2.45, 2.75) is 12.2 Å². The Morgan fingerprint density at radius 1 is 0.750 bits per heavy atom. The van der Waals surface area contributed by atoms with E-state index in [0.717, 1.165) is 0 Å². The average molecular weight is 616 g/mol. The van der Waals surface area contributed by atoms with Crippen molar-refractivity contribution in [2.75, 3.05) is 5.32 Å². The highest BCUT2D eigenvalue weighted by atomic mass is 79.9. The molecule has 3 aromatic rings. The zero-order valence-corrected chi connectivity index (χ0v) is 21.8. The summed E-state index contributed by atoms with van der Waals surface area (Å²) in [6.07, 6.45) is -4.28. The third-order valence-electron chi connectivity index (χ3n) is 4.59. The molecule has 2 N–H and O–H groups in total. The Hall–Kier alpha value is -3.11. The smallest absolute Gasteiger partial charge is 0.349 e. The van der Waals surface area contributed by atoms with E-state index in [1.54, 1.807) is 6.07 Å². The minimum absolute atomic E-state index is 0.0166. The Kier molecular flexibility index (Phi) is 9.33. The highest BCUT2D eigenvalue weighted by Crippen LogP contribution is 2.26. The fourth-order valence-corrected chi connectivity index (χ4v) is 3.50. The second-order valence-electron chi connectivity index (χ2n) is 7.12. The van der Waals surface area contributed by atoms with E-state index in [1.807, 2.05) is 0 Å². The zero-order valence-electron chi connectivity index (χ0n) is 17.9. The molecule has 12 heteroatoms. The molecule has 0 unspecified atom stereocenters. The van der Waals surface area contributed by atoms with Gasteiger partial charge < -0.3 is 19.9 Å². The van der Waals surface area contributed by atoms with E-state index in [0.29, 0.717) is 14.5 Å². The second kappa shape index (κ2) is 12.2. The third-order valence-corrected chi connectivity index (χ3v) is 6.33. The first-order valence-corrected chi connectivity index (χ1v) is 11.9. The van der Waals surface area contributed by atoms with Crippen LogP contribution in [0.3, 0.4) is 0 Å². The molecule has 0 aromatic heterocycles. The Balaban J connectivity index is 1.92. The Morgan fingerprint density at radius 3 is 1.67 bits per heavy atom. The molecule has 8 nitrogen and oxygen atoms in total. The van der Waals surface area contributed by atoms with Crippen LogP contribution in [0.1, 0.15) is 20.7 Å². The number of esters is 2. The molecule has 3 aromatic carbocycles. The van der Waals surface area contributed by atoms with Crippen LogP contribution in [0.5, 0.6) is 0 Å². The van der Waals surface area contributed by atoms with Crippen LogP contribution in [-0.2, 0) is 19.1 Å². The van der Waals surface area contributed by atoms with Gasteiger partial charge in [-0.15, -0.1) is 0 Å². The highest BCUT2D eigenvalue weighted by Gasteiger charge is 2.41. The summed E-state index contributed by atoms with van der Waals surface area (Å²) in [6.45, 7) is 0. The molecule has 0 aliphatic carbocycles. The SMILES string of the molecule is O=C(O[C@H](C(=O)Nc1ccc(Br)c(Cl)c1)[C@@H](OC(=O)c1ccc(Cl)cc1)C(=O)O)c1ccc(Cl)cc1. The summed E-state index contributed by atoms with van der Waals surface area (Å²) in [4.78, 5) is 50.5. The van der Waals surface area contributed by atoms with Gasteiger partial charge in [0.05, 0.1) is 16.1 Å². The standard InChI is InChI=1S/C24H15BrCl3NO7/c25-17-10-9-16(11-18(17)28)29-21(30)19(35-23(33)12-1-5-14(26)6-2-12)20(22(31)32)36-24(34)13-3-7-15(27)8-4-13/h1-11,19-20H,(H,29,30)(H,31,32)/t19-,20+/m0/s1. The average Bonchev–Trinajstić information content (AvgIpc) is 2.84. The monoisotopic (exact) mass is 613 g/mol. The quantitative estimate of drug-likeness (QED) is 0.304. The third kappa shape index (κ3) is 7.20. The second-order valence-corrected chi connectivity index (χ2v) is 9.26. The lowest BCUT2D eigenvalue weighted by molar-refractivity contribution is -0.157. The van der Waals surface area contributed by atoms with Gasteiger partial charge in [-0.05, 0) is 82.7 Å². The number of ether oxygens (including phenoxy) is 2. The number of halogens is 4. The first-order chi connectivity index (χ1) is 17.0. The van der Waals surface area contributed by atoms with E-state index in [2.05, 4.69) is 21.2 Å². The van der Waals surface area contributed by atoms with Gasteiger partial charge in [0.15, 0.2) is 0 Å². The van der Waals surface area contributed by atoms with Gasteiger partial charge in [-0.3, -0.25) is 4.79 Å². The molecule has 0 saturated carbocycles. The maximum Gasteiger partial charge on any atom is 0.349 e. The van der Waals surface area contributed by atoms with Crippen LogP contribution in [0.4, 0.5) is 5.69 Å². The zero-order chi connectivity index (χ0) is 26.4. The van der Waals surface area contributed by atoms with Gasteiger partial charge in [0.2, 0.25) is 12.2 Å². The number of benzene rings is 3.